The molecule has 0 saturated heterocycles. The molecule has 9 heteroatoms. The van der Waals surface area contributed by atoms with Gasteiger partial charge in [0.15, 0.2) is 0 Å². The minimum atomic E-state index is -0.548. The molecule has 0 atom stereocenters. The molecule has 1 rings (SSSR count). The van der Waals surface area contributed by atoms with E-state index in [9.17, 15) is 10.1 Å². The van der Waals surface area contributed by atoms with Crippen molar-refractivity contribution in [3.8, 4) is 6.07 Å². The van der Waals surface area contributed by atoms with Crippen molar-refractivity contribution in [2.24, 2.45) is 5.84 Å². The predicted octanol–water partition coefficient (Wildman–Crippen LogP) is 0.329. The molecule has 3 N–H and O–H groups in total. The molecule has 0 saturated carbocycles. The Kier molecular flexibility index (Phi) is 4.33. The number of hydrogen-bond acceptors (Lipinski definition) is 8. The summed E-state index contributed by atoms with van der Waals surface area (Å²) >= 11 is 0. The molecule has 1 aromatic heterocycles. The Labute approximate surface area is 103 Å². The van der Waals surface area contributed by atoms with E-state index in [0.29, 0.717) is 6.54 Å². The fourth-order valence-electron chi connectivity index (χ4n) is 1.42. The number of aryl methyl sites for hydroxylation is 1. The normalized spacial score (nSPS) is 9.67. The van der Waals surface area contributed by atoms with Gasteiger partial charge in [-0.3, -0.25) is 15.5 Å². The predicted molar refractivity (Wildman–Crippen MR) is 64.7 cm³/mol. The lowest BCUT2D eigenvalue weighted by molar-refractivity contribution is -0.385. The van der Waals surface area contributed by atoms with Crippen molar-refractivity contribution >= 4 is 17.5 Å². The molecule has 0 unspecified atom stereocenters. The number of aromatic nitrogens is 2. The monoisotopic (exact) mass is 251 g/mol. The lowest BCUT2D eigenvalue weighted by Crippen LogP contribution is -2.23. The number of anilines is 2. The van der Waals surface area contributed by atoms with Gasteiger partial charge >= 0.3 is 5.69 Å². The highest BCUT2D eigenvalue weighted by molar-refractivity contribution is 5.62. The summed E-state index contributed by atoms with van der Waals surface area (Å²) in [5, 5.41) is 19.5. The number of rotatable bonds is 5. The number of nitriles is 1. The third-order valence-electron chi connectivity index (χ3n) is 2.27. The van der Waals surface area contributed by atoms with E-state index >= 15 is 0 Å². The van der Waals surface area contributed by atoms with Crippen molar-refractivity contribution in [2.45, 2.75) is 13.3 Å². The van der Waals surface area contributed by atoms with E-state index in [1.807, 2.05) is 6.07 Å². The maximum absolute atomic E-state index is 11.0. The molecule has 9 nitrogen and oxygen atoms in total. The van der Waals surface area contributed by atoms with Gasteiger partial charge < -0.3 is 4.90 Å². The van der Waals surface area contributed by atoms with Crippen molar-refractivity contribution < 1.29 is 4.92 Å². The average Bonchev–Trinajstić information content (AvgIpc) is 2.34. The van der Waals surface area contributed by atoms with E-state index in [1.54, 1.807) is 7.05 Å². The van der Waals surface area contributed by atoms with Crippen molar-refractivity contribution in [1.82, 2.24) is 9.97 Å². The molecule has 0 spiro atoms. The van der Waals surface area contributed by atoms with Crippen LogP contribution in [0.1, 0.15) is 12.1 Å². The quantitative estimate of drug-likeness (QED) is 0.434. The highest BCUT2D eigenvalue weighted by atomic mass is 16.6. The number of hydrazine groups is 1. The van der Waals surface area contributed by atoms with Gasteiger partial charge in [-0.1, -0.05) is 0 Å². The molecule has 0 aromatic carbocycles. The van der Waals surface area contributed by atoms with Gasteiger partial charge in [-0.2, -0.15) is 10.2 Å². The van der Waals surface area contributed by atoms with Crippen LogP contribution in [0.15, 0.2) is 0 Å². The number of nitrogens with one attached hydrogen (secondary N) is 1. The van der Waals surface area contributed by atoms with E-state index in [0.717, 1.165) is 0 Å². The Balaban J connectivity index is 3.25. The first kappa shape index (κ1) is 13.6. The number of nitrogens with zero attached hydrogens (tertiary/aromatic N) is 5. The van der Waals surface area contributed by atoms with Crippen molar-refractivity contribution in [3.63, 3.8) is 0 Å². The molecular formula is C9H13N7O2. The zero-order valence-corrected chi connectivity index (χ0v) is 10.0. The van der Waals surface area contributed by atoms with Gasteiger partial charge in [-0.15, -0.1) is 0 Å². The number of nitro groups is 1. The average molecular weight is 251 g/mol. The second kappa shape index (κ2) is 5.74. The van der Waals surface area contributed by atoms with E-state index in [-0.39, 0.29) is 29.6 Å². The van der Waals surface area contributed by atoms with Gasteiger partial charge in [-0.05, 0) is 6.92 Å². The van der Waals surface area contributed by atoms with Crippen LogP contribution < -0.4 is 16.2 Å². The Morgan fingerprint density at radius 3 is 2.78 bits per heavy atom. The second-order valence-electron chi connectivity index (χ2n) is 3.54. The highest BCUT2D eigenvalue weighted by Gasteiger charge is 2.24. The summed E-state index contributed by atoms with van der Waals surface area (Å²) in [7, 11) is 1.62. The minimum Gasteiger partial charge on any atom is -0.353 e. The lowest BCUT2D eigenvalue weighted by Gasteiger charge is -2.17. The minimum absolute atomic E-state index is 0.0944. The van der Waals surface area contributed by atoms with E-state index in [4.69, 9.17) is 11.1 Å². The molecular weight excluding hydrogens is 238 g/mol. The van der Waals surface area contributed by atoms with Gasteiger partial charge in [0.05, 0.1) is 17.4 Å². The summed E-state index contributed by atoms with van der Waals surface area (Å²) in [4.78, 5) is 19.8. The summed E-state index contributed by atoms with van der Waals surface area (Å²) in [6, 6.07) is 1.97. The molecule has 0 fully saturated rings. The molecule has 1 aromatic rings. The lowest BCUT2D eigenvalue weighted by atomic mass is 10.3. The molecule has 0 aliphatic rings. The molecule has 0 bridgehead atoms. The van der Waals surface area contributed by atoms with Crippen LogP contribution in [0.3, 0.4) is 0 Å². The third-order valence-corrected chi connectivity index (χ3v) is 2.27. The topological polar surface area (TPSA) is 134 Å². The highest BCUT2D eigenvalue weighted by Crippen LogP contribution is 2.28. The first-order valence-electron chi connectivity index (χ1n) is 5.09. The van der Waals surface area contributed by atoms with Gasteiger partial charge in [0.25, 0.3) is 0 Å². The molecule has 1 heterocycles. The van der Waals surface area contributed by atoms with Gasteiger partial charge in [0.1, 0.15) is 5.69 Å². The summed E-state index contributed by atoms with van der Waals surface area (Å²) in [5.74, 6) is 5.43. The first-order valence-corrected chi connectivity index (χ1v) is 5.09. The molecule has 0 amide bonds. The van der Waals surface area contributed by atoms with Crippen LogP contribution in [-0.2, 0) is 0 Å². The maximum Gasteiger partial charge on any atom is 0.332 e. The number of nitrogens with two attached hydrogens (primary N) is 1. The van der Waals surface area contributed by atoms with Crippen LogP contribution in [-0.4, -0.2) is 28.5 Å². The maximum atomic E-state index is 11.0. The fourth-order valence-corrected chi connectivity index (χ4v) is 1.42. The van der Waals surface area contributed by atoms with Crippen molar-refractivity contribution in [1.29, 1.82) is 5.26 Å². The Bertz CT molecular complexity index is 496. The SMILES string of the molecule is Cc1nc(NN)nc(N(C)CCC#N)c1[N+](=O)[O-]. The molecule has 18 heavy (non-hydrogen) atoms. The summed E-state index contributed by atoms with van der Waals surface area (Å²) in [6.07, 6.45) is 0.238. The van der Waals surface area contributed by atoms with Gasteiger partial charge in [0, 0.05) is 13.6 Å². The third kappa shape index (κ3) is 2.80. The second-order valence-corrected chi connectivity index (χ2v) is 3.54. The molecule has 0 aliphatic carbocycles. The Morgan fingerprint density at radius 2 is 2.28 bits per heavy atom. The van der Waals surface area contributed by atoms with Crippen LogP contribution in [0.5, 0.6) is 0 Å². The van der Waals surface area contributed by atoms with E-state index < -0.39 is 4.92 Å². The largest absolute Gasteiger partial charge is 0.353 e. The van der Waals surface area contributed by atoms with Crippen LogP contribution in [0.2, 0.25) is 0 Å². The zero-order valence-electron chi connectivity index (χ0n) is 10.0. The van der Waals surface area contributed by atoms with Crippen molar-refractivity contribution in [3.05, 3.63) is 15.8 Å². The Morgan fingerprint density at radius 1 is 1.61 bits per heavy atom. The van der Waals surface area contributed by atoms with Gasteiger partial charge in [-0.25, -0.2) is 10.8 Å². The number of hydrogen-bond donors (Lipinski definition) is 2. The summed E-state index contributed by atoms with van der Waals surface area (Å²) in [5.41, 5.74) is 2.27. The fraction of sp³-hybridized carbons (Fsp3) is 0.444. The van der Waals surface area contributed by atoms with E-state index in [1.165, 1.54) is 11.8 Å². The van der Waals surface area contributed by atoms with Crippen LogP contribution in [0, 0.1) is 28.4 Å². The summed E-state index contributed by atoms with van der Waals surface area (Å²) < 4.78 is 0. The zero-order chi connectivity index (χ0) is 13.7. The molecule has 0 aliphatic heterocycles. The van der Waals surface area contributed by atoms with Gasteiger partial charge in [0.2, 0.25) is 11.8 Å². The first-order chi connectivity index (χ1) is 8.51. The molecule has 96 valence electrons. The van der Waals surface area contributed by atoms with Crippen LogP contribution in [0.25, 0.3) is 0 Å². The van der Waals surface area contributed by atoms with E-state index in [2.05, 4.69) is 15.4 Å². The standard InChI is InChI=1S/C9H13N7O2/c1-6-7(16(17)18)8(13-9(12-6)14-11)15(2)5-3-4-10/h3,5,11H2,1-2H3,(H,12,13,14). The van der Waals surface area contributed by atoms with Crippen molar-refractivity contribution in [2.75, 3.05) is 23.9 Å². The number of nitrogen functional groups attached to an aromatic ring is 1. The van der Waals surface area contributed by atoms with Crippen LogP contribution >= 0.6 is 0 Å². The summed E-state index contributed by atoms with van der Waals surface area (Å²) in [6.45, 7) is 1.83. The molecule has 0 radical (unpaired) electrons. The smallest absolute Gasteiger partial charge is 0.332 e. The van der Waals surface area contributed by atoms with Crippen LogP contribution in [0.4, 0.5) is 17.5 Å². The Hall–Kier alpha value is -2.47.